The fourth-order valence-electron chi connectivity index (χ4n) is 9.40. The van der Waals surface area contributed by atoms with Crippen LogP contribution in [0, 0.1) is 11.8 Å². The highest BCUT2D eigenvalue weighted by molar-refractivity contribution is 7.66. The maximum Gasteiger partial charge on any atom is 0.490 e. The molecule has 43 heteroatoms. The van der Waals surface area contributed by atoms with Gasteiger partial charge in [0.15, 0.2) is 47.3 Å². The molecule has 7 unspecified atom stereocenters. The quantitative estimate of drug-likeness (QED) is 0.0124. The van der Waals surface area contributed by atoms with Gasteiger partial charge in [-0.05, 0) is 12.3 Å². The van der Waals surface area contributed by atoms with Crippen LogP contribution in [0.3, 0.4) is 0 Å². The Kier molecular flexibility index (Phi) is 18.1. The predicted molar refractivity (Wildman–Crippen MR) is 270 cm³/mol. The van der Waals surface area contributed by atoms with Crippen molar-refractivity contribution in [2.24, 2.45) is 29.6 Å². The number of hydrogen-bond donors (Lipinski definition) is 13. The highest BCUT2D eigenvalue weighted by atomic mass is 31.3. The lowest BCUT2D eigenvalue weighted by Gasteiger charge is -2.26. The number of ether oxygens (including phenoxy) is 5. The molecule has 39 nitrogen and oxygen atoms in total. The number of aliphatic imine (C=N–C) groups is 1. The third-order valence-electron chi connectivity index (χ3n) is 13.3. The second-order valence-corrected chi connectivity index (χ2v) is 24.9. The Morgan fingerprint density at radius 3 is 2.07 bits per heavy atom. The zero-order chi connectivity index (χ0) is 59.4. The lowest BCUT2D eigenvalue weighted by molar-refractivity contribution is -0.682. The first-order chi connectivity index (χ1) is 38.6. The number of aryl methyl sites for hydroxylation is 1. The third-order valence-corrected chi connectivity index (χ3v) is 18.5. The van der Waals surface area contributed by atoms with Crippen molar-refractivity contribution in [2.45, 2.75) is 87.1 Å². The van der Waals surface area contributed by atoms with E-state index < -0.39 is 136 Å². The number of nitrogens with zero attached hydrogens (tertiary/aromatic N) is 10. The molecule has 0 spiro atoms. The number of methoxy groups -OCH3 is 1. The Morgan fingerprint density at radius 1 is 0.780 bits per heavy atom. The van der Waals surface area contributed by atoms with Crippen molar-refractivity contribution in [3.63, 3.8) is 0 Å². The van der Waals surface area contributed by atoms with E-state index >= 15 is 0 Å². The van der Waals surface area contributed by atoms with Gasteiger partial charge in [0.05, 0.1) is 52.2 Å². The third kappa shape index (κ3) is 13.1. The van der Waals surface area contributed by atoms with Crippen molar-refractivity contribution in [3.8, 4) is 0 Å². The molecule has 18 atom stereocenters. The van der Waals surface area contributed by atoms with Crippen molar-refractivity contribution < 1.29 is 113 Å². The molecule has 3 saturated heterocycles. The first-order valence-electron chi connectivity index (χ1n) is 24.2. The van der Waals surface area contributed by atoms with E-state index in [1.165, 1.54) is 20.0 Å². The SMILES string of the molecule is C=CC(C)COCC[C@@H]1[C@@H](COP(=O)(O)OP(=O)(O)OP(=O)(O)OC[C@H]2O[C@@H](n3cnc4c(N)ncnc43)[C@H](OC)[C@@H]2OP(=O)(O)OC[C@H]2O[C@@H](n3cnc4c(=O)[nH]c(N)nc43)[C@H](O)[C@@H]2O)OC(n2c[n+](C)c3c2N=C(N)NC3O)[C@@H]1O. The van der Waals surface area contributed by atoms with E-state index in [9.17, 15) is 63.1 Å². The summed E-state index contributed by atoms with van der Waals surface area (Å²) >= 11 is 0. The molecule has 4 aliphatic heterocycles. The van der Waals surface area contributed by atoms with Gasteiger partial charge in [0.1, 0.15) is 54.6 Å². The molecule has 0 radical (unpaired) electrons. The molecule has 5 aromatic heterocycles. The largest absolute Gasteiger partial charge is 0.490 e. The minimum atomic E-state index is -6.20. The monoisotopic (exact) mass is 1240 g/mol. The molecule has 0 amide bonds. The molecule has 16 N–H and O–H groups in total. The maximum atomic E-state index is 13.8. The molecule has 5 aromatic rings. The molecule has 9 heterocycles. The van der Waals surface area contributed by atoms with Gasteiger partial charge >= 0.3 is 31.3 Å². The van der Waals surface area contributed by atoms with Crippen molar-refractivity contribution >= 4 is 77.2 Å². The lowest BCUT2D eigenvalue weighted by atomic mass is 9.95. The molecule has 0 bridgehead atoms. The van der Waals surface area contributed by atoms with Crippen molar-refractivity contribution in [1.29, 1.82) is 0 Å². The van der Waals surface area contributed by atoms with E-state index in [0.29, 0.717) is 0 Å². The number of imidazole rings is 3. The van der Waals surface area contributed by atoms with Gasteiger partial charge in [-0.3, -0.25) is 37.0 Å². The van der Waals surface area contributed by atoms with Gasteiger partial charge in [-0.2, -0.15) is 23.2 Å². The number of fused-ring (bicyclic) bond motifs is 3. The summed E-state index contributed by atoms with van der Waals surface area (Å²) < 4.78 is 117. The normalized spacial score (nSPS) is 30.8. The van der Waals surface area contributed by atoms with Crippen molar-refractivity contribution in [1.82, 2.24) is 48.9 Å². The summed E-state index contributed by atoms with van der Waals surface area (Å²) in [6, 6.07) is 0. The minimum Gasteiger partial charge on any atom is -0.387 e. The van der Waals surface area contributed by atoms with Gasteiger partial charge in [-0.25, -0.2) is 42.8 Å². The number of phosphoric acid groups is 4. The van der Waals surface area contributed by atoms with Gasteiger partial charge < -0.3 is 86.2 Å². The smallest absolute Gasteiger partial charge is 0.387 e. The van der Waals surface area contributed by atoms with E-state index in [1.807, 2.05) is 6.92 Å². The highest BCUT2D eigenvalue weighted by Gasteiger charge is 2.54. The van der Waals surface area contributed by atoms with Crippen LogP contribution in [0.5, 0.6) is 0 Å². The number of hydrogen-bond acceptors (Lipinski definition) is 30. The molecular weight excluding hydrogens is 1190 g/mol. The number of nitrogens with one attached hydrogen (secondary N) is 2. The van der Waals surface area contributed by atoms with Gasteiger partial charge in [0.25, 0.3) is 11.4 Å². The van der Waals surface area contributed by atoms with Crippen LogP contribution >= 0.6 is 31.3 Å². The number of aliphatic hydroxyl groups is 4. The number of H-pyrrole nitrogens is 1. The van der Waals surface area contributed by atoms with Gasteiger partial charge in [0, 0.05) is 19.6 Å². The summed E-state index contributed by atoms with van der Waals surface area (Å²) in [5, 5.41) is 46.6. The number of aromatic amines is 1. The second kappa shape index (κ2) is 24.1. The molecule has 0 aromatic carbocycles. The number of nitrogens with two attached hydrogens (primary N) is 3. The van der Waals surface area contributed by atoms with Crippen molar-refractivity contribution in [3.05, 3.63) is 54.0 Å². The molecule has 0 saturated carbocycles. The molecule has 9 rings (SSSR count). The Labute approximate surface area is 460 Å². The number of aromatic nitrogens is 10. The summed E-state index contributed by atoms with van der Waals surface area (Å²) in [6.45, 7) is 2.67. The van der Waals surface area contributed by atoms with Crippen LogP contribution < -0.4 is 32.6 Å². The Hall–Kier alpha value is -5.12. The second-order valence-electron chi connectivity index (χ2n) is 18.8. The summed E-state index contributed by atoms with van der Waals surface area (Å²) in [6.07, 6.45) is -12.3. The topological polar surface area (TPSA) is 550 Å². The van der Waals surface area contributed by atoms with Gasteiger partial charge in [0.2, 0.25) is 24.2 Å². The van der Waals surface area contributed by atoms with Crippen LogP contribution in [-0.2, 0) is 75.7 Å². The van der Waals surface area contributed by atoms with E-state index in [0.717, 1.165) is 30.7 Å². The summed E-state index contributed by atoms with van der Waals surface area (Å²) in [4.78, 5) is 82.1. The Balaban J connectivity index is 0.870. The van der Waals surface area contributed by atoms with Crippen molar-refractivity contribution in [2.75, 3.05) is 51.6 Å². The molecule has 82 heavy (non-hydrogen) atoms. The van der Waals surface area contributed by atoms with Gasteiger partial charge in [-0.1, -0.05) is 13.0 Å². The van der Waals surface area contributed by atoms with Crippen LogP contribution in [0.4, 0.5) is 17.6 Å². The summed E-state index contributed by atoms with van der Waals surface area (Å²) in [7, 11) is -20.8. The van der Waals surface area contributed by atoms with Crippen LogP contribution in [0.15, 0.2) is 47.8 Å². The van der Waals surface area contributed by atoms with Crippen LogP contribution in [-0.4, -0.2) is 179 Å². The number of guanidine groups is 1. The zero-order valence-corrected chi connectivity index (χ0v) is 46.6. The number of phosphoric ester groups is 3. The molecule has 3 fully saturated rings. The van der Waals surface area contributed by atoms with Crippen LogP contribution in [0.2, 0.25) is 0 Å². The first-order valence-corrected chi connectivity index (χ1v) is 30.2. The first kappa shape index (κ1) is 61.4. The molecule has 452 valence electrons. The fourth-order valence-corrected chi connectivity index (χ4v) is 13.9. The number of nitrogen functional groups attached to an aromatic ring is 2. The van der Waals surface area contributed by atoms with E-state index in [1.54, 1.807) is 13.1 Å². The van der Waals surface area contributed by atoms with E-state index in [-0.39, 0.29) is 77.1 Å². The van der Waals surface area contributed by atoms with E-state index in [2.05, 4.69) is 55.4 Å². The average Bonchev–Trinajstić information content (AvgIpc) is 4.30. The molecule has 4 aliphatic rings. The van der Waals surface area contributed by atoms with Crippen LogP contribution in [0.25, 0.3) is 22.3 Å². The molecular formula is C39H58N15O24P4+. The summed E-state index contributed by atoms with van der Waals surface area (Å²) in [5.74, 6) is -1.46. The minimum absolute atomic E-state index is 0.0172. The lowest BCUT2D eigenvalue weighted by Crippen LogP contribution is -2.43. The summed E-state index contributed by atoms with van der Waals surface area (Å²) in [5.41, 5.74) is 16.7. The predicted octanol–water partition coefficient (Wildman–Crippen LogP) is -2.50. The standard InChI is InChI=1S/C39H57N15O24P4/c1-5-16(2)8-69-7-6-17-18(73-35(24(17)55)54-15-51(3)23-32(54)48-39(42)50-34(23)59)9-71-80(62,63)77-82(66,67)78-81(64,65)72-11-20-27(28(68-4)37(75-20)52-13-45-21-29(40)43-12-44-30(21)52)76-79(60,61)70-10-19-25(56)26(57)36(74-19)53-14-46-22-31(53)47-38(41)49-33(22)58/h5,12-20,24-28,34-37,55-57,59H,1,6-11H2,2-4H3,(H11-,40,41,42,43,44,47,48,49,50,58,60,61,62,63,64,65,66,67)/p+1/t16?,17-,18-,19-,20-,24-,25-,26-,27-,28-,34?,35?,36-,37-/m1/s1. The molecule has 0 aliphatic carbocycles. The Morgan fingerprint density at radius 2 is 1.39 bits per heavy atom. The highest BCUT2D eigenvalue weighted by Crippen LogP contribution is 2.68. The maximum absolute atomic E-state index is 13.8. The van der Waals surface area contributed by atoms with Crippen LogP contribution in [0.1, 0.15) is 44.0 Å². The Bertz CT molecular complexity index is 3460. The number of aliphatic hydroxyl groups excluding tert-OH is 4. The average molecular weight is 1240 g/mol. The number of rotatable bonds is 25. The fraction of sp³-hybridized carbons (Fsp3) is 0.590. The van der Waals surface area contributed by atoms with Gasteiger partial charge in [-0.15, -0.1) is 6.58 Å². The van der Waals surface area contributed by atoms with E-state index in [4.69, 9.17) is 59.0 Å². The zero-order valence-electron chi connectivity index (χ0n) is 43.0. The number of anilines is 2.